The average Bonchev–Trinajstić information content (AvgIpc) is 2.78. The summed E-state index contributed by atoms with van der Waals surface area (Å²) in [7, 11) is -4.29. The fraction of sp³-hybridized carbons (Fsp3) is 0.222. The fourth-order valence-electron chi connectivity index (χ4n) is 2.87. The number of aromatic hydroxyl groups is 1. The van der Waals surface area contributed by atoms with E-state index in [1.165, 1.54) is 24.3 Å². The molecule has 2 aromatic rings. The first-order valence-corrected chi connectivity index (χ1v) is 10.3. The lowest BCUT2D eigenvalue weighted by atomic mass is 9.96. The molecule has 1 aliphatic heterocycles. The molecular formula is C18H15Cl2NO6S. The fourth-order valence-corrected chi connectivity index (χ4v) is 4.90. The standard InChI is InChI=1S/C18H15Cl2NO6S/c1-9(2)11-6-10(22)7-14-15(11)17(23)21(28(14,25)26)8-27-18(24)16-12(19)4-3-5-13(16)20/h3-7,9,22H,8H2,1-2H3. The Labute approximate surface area is 171 Å². The molecule has 10 heteroatoms. The Balaban J connectivity index is 1.93. The van der Waals surface area contributed by atoms with Crippen molar-refractivity contribution >= 4 is 45.1 Å². The van der Waals surface area contributed by atoms with Gasteiger partial charge in [0.2, 0.25) is 0 Å². The zero-order valence-corrected chi connectivity index (χ0v) is 17.1. The zero-order chi connectivity index (χ0) is 20.8. The van der Waals surface area contributed by atoms with Crippen molar-refractivity contribution in [2.24, 2.45) is 0 Å². The summed E-state index contributed by atoms with van der Waals surface area (Å²) in [4.78, 5) is 24.7. The number of rotatable bonds is 4. The number of hydrogen-bond donors (Lipinski definition) is 1. The maximum atomic E-state index is 12.8. The molecule has 3 rings (SSSR count). The van der Waals surface area contributed by atoms with E-state index < -0.39 is 28.6 Å². The van der Waals surface area contributed by atoms with Crippen molar-refractivity contribution in [1.29, 1.82) is 0 Å². The Kier molecular flexibility index (Phi) is 5.31. The van der Waals surface area contributed by atoms with Crippen molar-refractivity contribution in [1.82, 2.24) is 4.31 Å². The number of fused-ring (bicyclic) bond motifs is 1. The zero-order valence-electron chi connectivity index (χ0n) is 14.8. The number of phenols is 1. The van der Waals surface area contributed by atoms with Crippen LogP contribution in [0.1, 0.15) is 46.0 Å². The Morgan fingerprint density at radius 1 is 1.21 bits per heavy atom. The molecule has 1 aliphatic rings. The highest BCUT2D eigenvalue weighted by Crippen LogP contribution is 2.38. The van der Waals surface area contributed by atoms with Gasteiger partial charge in [-0.05, 0) is 29.7 Å². The van der Waals surface area contributed by atoms with Crippen molar-refractivity contribution in [2.45, 2.75) is 24.7 Å². The molecule has 0 fully saturated rings. The third-order valence-electron chi connectivity index (χ3n) is 4.23. The number of esters is 1. The maximum Gasteiger partial charge on any atom is 0.342 e. The maximum absolute atomic E-state index is 12.8. The van der Waals surface area contributed by atoms with Crippen LogP contribution in [-0.4, -0.2) is 36.4 Å². The van der Waals surface area contributed by atoms with Gasteiger partial charge in [-0.2, -0.15) is 4.31 Å². The summed E-state index contributed by atoms with van der Waals surface area (Å²) in [5, 5.41) is 9.91. The summed E-state index contributed by atoms with van der Waals surface area (Å²) in [6, 6.07) is 6.73. The lowest BCUT2D eigenvalue weighted by Gasteiger charge is -2.16. The minimum absolute atomic E-state index is 0.0309. The normalized spacial score (nSPS) is 15.0. The predicted molar refractivity (Wildman–Crippen MR) is 102 cm³/mol. The van der Waals surface area contributed by atoms with Crippen LogP contribution in [0.3, 0.4) is 0 Å². The van der Waals surface area contributed by atoms with Crippen LogP contribution in [0.4, 0.5) is 0 Å². The Morgan fingerprint density at radius 3 is 2.39 bits per heavy atom. The van der Waals surface area contributed by atoms with Crippen LogP contribution in [0.25, 0.3) is 0 Å². The minimum Gasteiger partial charge on any atom is -0.508 e. The van der Waals surface area contributed by atoms with E-state index >= 15 is 0 Å². The highest BCUT2D eigenvalue weighted by atomic mass is 35.5. The second kappa shape index (κ2) is 7.27. The van der Waals surface area contributed by atoms with E-state index in [9.17, 15) is 23.1 Å². The van der Waals surface area contributed by atoms with Gasteiger partial charge in [0.1, 0.15) is 10.6 Å². The highest BCUT2D eigenvalue weighted by Gasteiger charge is 2.44. The number of benzene rings is 2. The van der Waals surface area contributed by atoms with Crippen LogP contribution in [0, 0.1) is 0 Å². The van der Waals surface area contributed by atoms with E-state index in [2.05, 4.69) is 0 Å². The Hall–Kier alpha value is -2.29. The third-order valence-corrected chi connectivity index (χ3v) is 6.59. The number of halogens is 2. The molecule has 0 saturated carbocycles. The van der Waals surface area contributed by atoms with Gasteiger partial charge in [-0.3, -0.25) is 4.79 Å². The lowest BCUT2D eigenvalue weighted by molar-refractivity contribution is 0.0358. The second-order valence-corrected chi connectivity index (χ2v) is 9.02. The molecule has 0 spiro atoms. The van der Waals surface area contributed by atoms with Crippen molar-refractivity contribution in [3.8, 4) is 5.75 Å². The quantitative estimate of drug-likeness (QED) is 0.721. The topological polar surface area (TPSA) is 101 Å². The van der Waals surface area contributed by atoms with Crippen LogP contribution in [-0.2, 0) is 14.8 Å². The monoisotopic (exact) mass is 443 g/mol. The molecule has 1 N–H and O–H groups in total. The van der Waals surface area contributed by atoms with E-state index in [-0.39, 0.29) is 37.7 Å². The van der Waals surface area contributed by atoms with Gasteiger partial charge in [-0.15, -0.1) is 0 Å². The number of nitrogens with zero attached hydrogens (tertiary/aromatic N) is 1. The van der Waals surface area contributed by atoms with E-state index in [0.29, 0.717) is 9.87 Å². The van der Waals surface area contributed by atoms with Crippen LogP contribution < -0.4 is 0 Å². The number of sulfonamides is 1. The molecule has 7 nitrogen and oxygen atoms in total. The number of carbonyl (C=O) groups is 2. The van der Waals surface area contributed by atoms with E-state index in [1.54, 1.807) is 13.8 Å². The summed E-state index contributed by atoms with van der Waals surface area (Å²) in [5.74, 6) is -2.30. The van der Waals surface area contributed by atoms with Gasteiger partial charge < -0.3 is 9.84 Å². The van der Waals surface area contributed by atoms with Gasteiger partial charge in [0.25, 0.3) is 15.9 Å². The smallest absolute Gasteiger partial charge is 0.342 e. The van der Waals surface area contributed by atoms with Gasteiger partial charge in [0.05, 0.1) is 21.2 Å². The van der Waals surface area contributed by atoms with Gasteiger partial charge >= 0.3 is 5.97 Å². The number of hydrogen-bond acceptors (Lipinski definition) is 6. The van der Waals surface area contributed by atoms with Crippen molar-refractivity contribution < 1.29 is 27.9 Å². The van der Waals surface area contributed by atoms with E-state index in [4.69, 9.17) is 27.9 Å². The SMILES string of the molecule is CC(C)c1cc(O)cc2c1C(=O)N(COC(=O)c1c(Cl)cccc1Cl)S2(=O)=O. The van der Waals surface area contributed by atoms with Gasteiger partial charge in [-0.25, -0.2) is 13.2 Å². The molecule has 2 aromatic carbocycles. The van der Waals surface area contributed by atoms with Crippen LogP contribution in [0.15, 0.2) is 35.2 Å². The van der Waals surface area contributed by atoms with Gasteiger partial charge in [0, 0.05) is 6.07 Å². The molecular weight excluding hydrogens is 429 g/mol. The summed E-state index contributed by atoms with van der Waals surface area (Å²) in [5.41, 5.74) is 0.207. The molecule has 0 aliphatic carbocycles. The highest BCUT2D eigenvalue weighted by molar-refractivity contribution is 7.90. The number of amides is 1. The largest absolute Gasteiger partial charge is 0.508 e. The first kappa shape index (κ1) is 20.4. The summed E-state index contributed by atoms with van der Waals surface area (Å²) >= 11 is 11.9. The molecule has 1 amide bonds. The Morgan fingerprint density at radius 2 is 1.82 bits per heavy atom. The summed E-state index contributed by atoms with van der Waals surface area (Å²) < 4.78 is 30.9. The third kappa shape index (κ3) is 3.32. The first-order valence-electron chi connectivity index (χ1n) is 8.10. The van der Waals surface area contributed by atoms with Gasteiger partial charge in [0.15, 0.2) is 6.73 Å². The average molecular weight is 444 g/mol. The minimum atomic E-state index is -4.29. The van der Waals surface area contributed by atoms with Crippen molar-refractivity contribution in [3.63, 3.8) is 0 Å². The molecule has 28 heavy (non-hydrogen) atoms. The van der Waals surface area contributed by atoms with Crippen molar-refractivity contribution in [3.05, 3.63) is 57.1 Å². The Bertz CT molecular complexity index is 1080. The van der Waals surface area contributed by atoms with E-state index in [0.717, 1.165) is 6.07 Å². The van der Waals surface area contributed by atoms with E-state index in [1.807, 2.05) is 0 Å². The summed E-state index contributed by atoms with van der Waals surface area (Å²) in [6.45, 7) is 2.67. The number of carbonyl (C=O) groups excluding carboxylic acids is 2. The predicted octanol–water partition coefficient (Wildman–Crippen LogP) is 3.78. The molecule has 0 saturated heterocycles. The number of phenolic OH excluding ortho intramolecular Hbond substituents is 1. The lowest BCUT2D eigenvalue weighted by Crippen LogP contribution is -2.33. The summed E-state index contributed by atoms with van der Waals surface area (Å²) in [6.07, 6.45) is 0. The molecule has 0 radical (unpaired) electrons. The van der Waals surface area contributed by atoms with Crippen LogP contribution in [0.2, 0.25) is 10.0 Å². The number of ether oxygens (including phenoxy) is 1. The molecule has 0 bridgehead atoms. The van der Waals surface area contributed by atoms with Gasteiger partial charge in [-0.1, -0.05) is 43.1 Å². The molecule has 0 unspecified atom stereocenters. The van der Waals surface area contributed by atoms with Crippen LogP contribution in [0.5, 0.6) is 5.75 Å². The van der Waals surface area contributed by atoms with Crippen LogP contribution >= 0.6 is 23.2 Å². The first-order chi connectivity index (χ1) is 13.1. The molecule has 0 atom stereocenters. The van der Waals surface area contributed by atoms with Crippen molar-refractivity contribution in [2.75, 3.05) is 6.73 Å². The molecule has 1 heterocycles. The molecule has 148 valence electrons. The second-order valence-electron chi connectivity index (χ2n) is 6.38. The molecule has 0 aromatic heterocycles.